The van der Waals surface area contributed by atoms with Crippen molar-refractivity contribution < 1.29 is 0 Å². The fourth-order valence-corrected chi connectivity index (χ4v) is 2.93. The number of nitrogens with zero attached hydrogens (tertiary/aromatic N) is 2. The lowest BCUT2D eigenvalue weighted by Crippen LogP contribution is -2.22. The first-order valence-electron chi connectivity index (χ1n) is 7.89. The Balaban J connectivity index is 0.00000264. The Morgan fingerprint density at radius 2 is 1.22 bits per heavy atom. The van der Waals surface area contributed by atoms with Crippen LogP contribution in [0.4, 0.5) is 5.69 Å². The van der Waals surface area contributed by atoms with Gasteiger partial charge in [-0.3, -0.25) is 4.90 Å². The molecule has 4 heteroatoms. The smallest absolute Gasteiger partial charge is 0.0366 e. The van der Waals surface area contributed by atoms with Crippen LogP contribution in [0.3, 0.4) is 0 Å². The van der Waals surface area contributed by atoms with Gasteiger partial charge in [0.1, 0.15) is 0 Å². The lowest BCUT2D eigenvalue weighted by atomic mass is 10.1. The molecule has 0 saturated heterocycles. The van der Waals surface area contributed by atoms with Crippen LogP contribution in [-0.4, -0.2) is 25.0 Å². The molecule has 126 valence electrons. The third kappa shape index (κ3) is 6.17. The molecule has 2 aromatic rings. The summed E-state index contributed by atoms with van der Waals surface area (Å²) in [5.74, 6) is 0. The number of anilines is 1. The minimum Gasteiger partial charge on any atom is -0.372 e. The SMILES string of the molecule is CCN(CC)c1ccc(CN(C)Cc2ccc(Br)cc2)cc1.Cl. The second-order valence-electron chi connectivity index (χ2n) is 5.64. The molecule has 2 rings (SSSR count). The molecule has 2 aromatic carbocycles. The van der Waals surface area contributed by atoms with Gasteiger partial charge in [-0.1, -0.05) is 40.2 Å². The maximum Gasteiger partial charge on any atom is 0.0366 e. The van der Waals surface area contributed by atoms with Crippen molar-refractivity contribution in [3.63, 3.8) is 0 Å². The van der Waals surface area contributed by atoms with Gasteiger partial charge in [0.15, 0.2) is 0 Å². The van der Waals surface area contributed by atoms with Gasteiger partial charge >= 0.3 is 0 Å². The first-order valence-corrected chi connectivity index (χ1v) is 8.68. The molecule has 2 nitrogen and oxygen atoms in total. The summed E-state index contributed by atoms with van der Waals surface area (Å²) < 4.78 is 1.13. The first-order chi connectivity index (χ1) is 10.6. The van der Waals surface area contributed by atoms with Gasteiger partial charge in [-0.15, -0.1) is 12.4 Å². The standard InChI is InChI=1S/C19H25BrN2.ClH/c1-4-22(5-2)19-12-8-17(9-13-19)15-21(3)14-16-6-10-18(20)11-7-16;/h6-13H,4-5,14-15H2,1-3H3;1H. The topological polar surface area (TPSA) is 6.48 Å². The van der Waals surface area contributed by atoms with E-state index in [4.69, 9.17) is 0 Å². The van der Waals surface area contributed by atoms with Gasteiger partial charge in [0.2, 0.25) is 0 Å². The number of hydrogen-bond donors (Lipinski definition) is 0. The lowest BCUT2D eigenvalue weighted by Gasteiger charge is -2.22. The lowest BCUT2D eigenvalue weighted by molar-refractivity contribution is 0.319. The zero-order valence-corrected chi connectivity index (χ0v) is 16.5. The second-order valence-corrected chi connectivity index (χ2v) is 6.55. The molecule has 0 N–H and O–H groups in total. The second kappa shape index (κ2) is 9.96. The van der Waals surface area contributed by atoms with Gasteiger partial charge in [0.25, 0.3) is 0 Å². The molecule has 0 atom stereocenters. The molecule has 0 aliphatic carbocycles. The fraction of sp³-hybridized carbons (Fsp3) is 0.368. The molecular weight excluding hydrogens is 372 g/mol. The quantitative estimate of drug-likeness (QED) is 0.621. The van der Waals surface area contributed by atoms with Crippen LogP contribution >= 0.6 is 28.3 Å². The van der Waals surface area contributed by atoms with Crippen molar-refractivity contribution in [1.82, 2.24) is 4.90 Å². The molecule has 0 aliphatic heterocycles. The molecule has 0 spiro atoms. The van der Waals surface area contributed by atoms with E-state index in [-0.39, 0.29) is 12.4 Å². The summed E-state index contributed by atoms with van der Waals surface area (Å²) in [5, 5.41) is 0. The van der Waals surface area contributed by atoms with E-state index < -0.39 is 0 Å². The molecular formula is C19H26BrClN2. The zero-order chi connectivity index (χ0) is 15.9. The van der Waals surface area contributed by atoms with E-state index >= 15 is 0 Å². The van der Waals surface area contributed by atoms with E-state index in [0.29, 0.717) is 0 Å². The van der Waals surface area contributed by atoms with Gasteiger partial charge in [-0.05, 0) is 56.3 Å². The highest BCUT2D eigenvalue weighted by Gasteiger charge is 2.04. The highest BCUT2D eigenvalue weighted by Crippen LogP contribution is 2.17. The highest BCUT2D eigenvalue weighted by molar-refractivity contribution is 9.10. The van der Waals surface area contributed by atoms with Crippen molar-refractivity contribution in [2.75, 3.05) is 25.0 Å². The van der Waals surface area contributed by atoms with E-state index in [1.807, 2.05) is 0 Å². The Morgan fingerprint density at radius 3 is 1.65 bits per heavy atom. The summed E-state index contributed by atoms with van der Waals surface area (Å²) in [5.41, 5.74) is 4.00. The van der Waals surface area contributed by atoms with Crippen molar-refractivity contribution in [1.29, 1.82) is 0 Å². The molecule has 0 heterocycles. The number of rotatable bonds is 7. The number of benzene rings is 2. The molecule has 0 bridgehead atoms. The fourth-order valence-electron chi connectivity index (χ4n) is 2.67. The molecule has 0 radical (unpaired) electrons. The molecule has 0 amide bonds. The van der Waals surface area contributed by atoms with Crippen LogP contribution in [0.5, 0.6) is 0 Å². The van der Waals surface area contributed by atoms with Gasteiger partial charge in [0.05, 0.1) is 0 Å². The van der Waals surface area contributed by atoms with E-state index in [1.165, 1.54) is 16.8 Å². The van der Waals surface area contributed by atoms with E-state index in [2.05, 4.69) is 95.2 Å². The van der Waals surface area contributed by atoms with Crippen LogP contribution in [0.15, 0.2) is 53.0 Å². The minimum atomic E-state index is 0. The molecule has 0 aliphatic rings. The van der Waals surface area contributed by atoms with Crippen molar-refractivity contribution in [2.24, 2.45) is 0 Å². The molecule has 0 unspecified atom stereocenters. The maximum atomic E-state index is 3.48. The van der Waals surface area contributed by atoms with Gasteiger partial charge in [-0.2, -0.15) is 0 Å². The number of halogens is 2. The summed E-state index contributed by atoms with van der Waals surface area (Å²) in [6, 6.07) is 17.5. The molecule has 0 aromatic heterocycles. The Labute approximate surface area is 155 Å². The summed E-state index contributed by atoms with van der Waals surface area (Å²) in [4.78, 5) is 4.71. The van der Waals surface area contributed by atoms with Crippen molar-refractivity contribution in [2.45, 2.75) is 26.9 Å². The summed E-state index contributed by atoms with van der Waals surface area (Å²) in [6.07, 6.45) is 0. The highest BCUT2D eigenvalue weighted by atomic mass is 79.9. The van der Waals surface area contributed by atoms with Crippen molar-refractivity contribution >= 4 is 34.0 Å². The van der Waals surface area contributed by atoms with Crippen LogP contribution in [0.2, 0.25) is 0 Å². The summed E-state index contributed by atoms with van der Waals surface area (Å²) in [7, 11) is 2.17. The predicted molar refractivity (Wildman–Crippen MR) is 107 cm³/mol. The van der Waals surface area contributed by atoms with Gasteiger partial charge < -0.3 is 4.90 Å². The molecule has 23 heavy (non-hydrogen) atoms. The van der Waals surface area contributed by atoms with E-state index in [0.717, 1.165) is 30.7 Å². The van der Waals surface area contributed by atoms with E-state index in [9.17, 15) is 0 Å². The van der Waals surface area contributed by atoms with Crippen molar-refractivity contribution in [3.8, 4) is 0 Å². The minimum absolute atomic E-state index is 0. The van der Waals surface area contributed by atoms with Crippen LogP contribution in [-0.2, 0) is 13.1 Å². The summed E-state index contributed by atoms with van der Waals surface area (Å²) >= 11 is 3.48. The van der Waals surface area contributed by atoms with Gasteiger partial charge in [0, 0.05) is 36.3 Å². The molecule has 0 saturated carbocycles. The Hall–Kier alpha value is -1.03. The normalized spacial score (nSPS) is 10.5. The van der Waals surface area contributed by atoms with Crippen LogP contribution < -0.4 is 4.90 Å². The van der Waals surface area contributed by atoms with Crippen LogP contribution in [0.25, 0.3) is 0 Å². The third-order valence-corrected chi connectivity index (χ3v) is 4.41. The third-order valence-electron chi connectivity index (χ3n) is 3.88. The first kappa shape index (κ1) is 20.0. The summed E-state index contributed by atoms with van der Waals surface area (Å²) in [6.45, 7) is 8.44. The average molecular weight is 398 g/mol. The Kier molecular flexibility index (Phi) is 8.67. The van der Waals surface area contributed by atoms with Crippen LogP contribution in [0, 0.1) is 0 Å². The maximum absolute atomic E-state index is 3.48. The van der Waals surface area contributed by atoms with Crippen molar-refractivity contribution in [3.05, 3.63) is 64.1 Å². The zero-order valence-electron chi connectivity index (χ0n) is 14.1. The Morgan fingerprint density at radius 1 is 0.783 bits per heavy atom. The average Bonchev–Trinajstić information content (AvgIpc) is 2.52. The van der Waals surface area contributed by atoms with Gasteiger partial charge in [-0.25, -0.2) is 0 Å². The van der Waals surface area contributed by atoms with E-state index in [1.54, 1.807) is 0 Å². The van der Waals surface area contributed by atoms with Crippen LogP contribution in [0.1, 0.15) is 25.0 Å². The Bertz CT molecular complexity index is 565. The predicted octanol–water partition coefficient (Wildman–Crippen LogP) is 5.35. The molecule has 0 fully saturated rings. The monoisotopic (exact) mass is 396 g/mol. The largest absolute Gasteiger partial charge is 0.372 e. The number of hydrogen-bond acceptors (Lipinski definition) is 2.